The number of nitrogens with zero attached hydrogens (tertiary/aromatic N) is 3. The summed E-state index contributed by atoms with van der Waals surface area (Å²) in [4.78, 5) is 15.6. The van der Waals surface area contributed by atoms with Gasteiger partial charge in [-0.1, -0.05) is 41.9 Å². The van der Waals surface area contributed by atoms with Crippen molar-refractivity contribution < 1.29 is 4.74 Å². The molecule has 1 aliphatic heterocycles. The van der Waals surface area contributed by atoms with E-state index in [1.54, 1.807) is 29.4 Å². The first-order valence-electron chi connectivity index (χ1n) is 10.9. The largest absolute Gasteiger partial charge is 0.370 e. The Hall–Kier alpha value is -1.54. The average Bonchev–Trinajstić information content (AvgIpc) is 3.11. The van der Waals surface area contributed by atoms with Crippen LogP contribution in [-0.2, 0) is 29.9 Å². The number of hydrogen-bond acceptors (Lipinski definition) is 6. The summed E-state index contributed by atoms with van der Waals surface area (Å²) >= 11 is 7.01. The van der Waals surface area contributed by atoms with Crippen molar-refractivity contribution in [1.29, 1.82) is 0 Å². The lowest BCUT2D eigenvalue weighted by molar-refractivity contribution is -0.0402. The van der Waals surface area contributed by atoms with Gasteiger partial charge in [0.25, 0.3) is 0 Å². The monoisotopic (exact) mass is 527 g/mol. The third kappa shape index (κ3) is 4.32. The summed E-state index contributed by atoms with van der Waals surface area (Å²) in [6.07, 6.45) is 3.55. The molecule has 0 N–H and O–H groups in total. The van der Waals surface area contributed by atoms with Crippen molar-refractivity contribution in [3.63, 3.8) is 0 Å². The highest BCUT2D eigenvalue weighted by Gasteiger charge is 2.31. The van der Waals surface area contributed by atoms with Gasteiger partial charge in [-0.2, -0.15) is 0 Å². The van der Waals surface area contributed by atoms with E-state index >= 15 is 0 Å². The Morgan fingerprint density at radius 3 is 2.69 bits per heavy atom. The van der Waals surface area contributed by atoms with E-state index in [0.717, 1.165) is 43.1 Å². The van der Waals surface area contributed by atoms with Crippen molar-refractivity contribution >= 4 is 59.5 Å². The van der Waals surface area contributed by atoms with Crippen LogP contribution in [0.1, 0.15) is 50.1 Å². The predicted molar refractivity (Wildman–Crippen MR) is 138 cm³/mol. The van der Waals surface area contributed by atoms with Crippen LogP contribution in [0, 0.1) is 5.92 Å². The molecule has 4 nitrogen and oxygen atoms in total. The first kappa shape index (κ1) is 22.3. The summed E-state index contributed by atoms with van der Waals surface area (Å²) in [7, 11) is 0. The van der Waals surface area contributed by atoms with E-state index in [4.69, 9.17) is 14.7 Å². The van der Waals surface area contributed by atoms with Crippen molar-refractivity contribution in [2.45, 2.75) is 63.5 Å². The fourth-order valence-electron chi connectivity index (χ4n) is 4.24. The molecule has 0 atom stereocenters. The maximum absolute atomic E-state index is 6.19. The van der Waals surface area contributed by atoms with Gasteiger partial charge in [0.1, 0.15) is 16.2 Å². The molecule has 7 heteroatoms. The number of halogens is 1. The molecule has 0 aliphatic carbocycles. The second-order valence-electron chi connectivity index (χ2n) is 9.39. The van der Waals surface area contributed by atoms with Crippen LogP contribution in [0.3, 0.4) is 0 Å². The lowest BCUT2D eigenvalue weighted by Gasteiger charge is -2.33. The van der Waals surface area contributed by atoms with Crippen LogP contribution in [0.4, 0.5) is 0 Å². The number of pyridine rings is 1. The highest BCUT2D eigenvalue weighted by molar-refractivity contribution is 9.10. The Kier molecular flexibility index (Phi) is 6.03. The molecule has 5 rings (SSSR count). The number of aromatic nitrogens is 3. The molecular weight excluding hydrogens is 502 g/mol. The Labute approximate surface area is 205 Å². The summed E-state index contributed by atoms with van der Waals surface area (Å²) in [6.45, 7) is 9.47. The van der Waals surface area contributed by atoms with Crippen LogP contribution >= 0.6 is 39.0 Å². The van der Waals surface area contributed by atoms with Gasteiger partial charge in [-0.3, -0.25) is 0 Å². The van der Waals surface area contributed by atoms with Crippen molar-refractivity contribution in [2.75, 3.05) is 0 Å². The molecule has 0 spiro atoms. The Morgan fingerprint density at radius 2 is 1.94 bits per heavy atom. The first-order chi connectivity index (χ1) is 15.3. The van der Waals surface area contributed by atoms with E-state index in [-0.39, 0.29) is 5.60 Å². The molecule has 0 bridgehead atoms. The zero-order valence-electron chi connectivity index (χ0n) is 18.7. The van der Waals surface area contributed by atoms with Gasteiger partial charge in [0.15, 0.2) is 0 Å². The second-order valence-corrected chi connectivity index (χ2v) is 12.3. The molecule has 0 unspecified atom stereocenters. The molecule has 1 aliphatic rings. The van der Waals surface area contributed by atoms with Gasteiger partial charge in [-0.05, 0) is 49.4 Å². The third-order valence-electron chi connectivity index (χ3n) is 5.77. The molecule has 32 heavy (non-hydrogen) atoms. The minimum absolute atomic E-state index is 0.184. The normalized spacial score (nSPS) is 15.6. The van der Waals surface area contributed by atoms with Gasteiger partial charge < -0.3 is 4.74 Å². The van der Waals surface area contributed by atoms with Crippen molar-refractivity contribution in [2.24, 2.45) is 5.92 Å². The van der Waals surface area contributed by atoms with Crippen LogP contribution in [0.5, 0.6) is 0 Å². The van der Waals surface area contributed by atoms with Crippen molar-refractivity contribution in [3.05, 3.63) is 57.4 Å². The Bertz CT molecular complexity index is 1300. The second kappa shape index (κ2) is 8.67. The van der Waals surface area contributed by atoms with E-state index in [0.29, 0.717) is 12.5 Å². The van der Waals surface area contributed by atoms with Gasteiger partial charge >= 0.3 is 0 Å². The van der Waals surface area contributed by atoms with E-state index < -0.39 is 0 Å². The number of thiophene rings is 1. The van der Waals surface area contributed by atoms with Crippen LogP contribution in [-0.4, -0.2) is 20.6 Å². The molecule has 0 saturated carbocycles. The number of ether oxygens (including phenoxy) is 1. The Morgan fingerprint density at radius 1 is 1.16 bits per heavy atom. The van der Waals surface area contributed by atoms with E-state index in [1.807, 2.05) is 0 Å². The number of benzene rings is 1. The molecule has 4 aromatic rings. The minimum atomic E-state index is -0.184. The van der Waals surface area contributed by atoms with Gasteiger partial charge in [-0.15, -0.1) is 23.1 Å². The highest BCUT2D eigenvalue weighted by atomic mass is 79.9. The lowest BCUT2D eigenvalue weighted by Crippen LogP contribution is -2.33. The molecule has 0 fully saturated rings. The van der Waals surface area contributed by atoms with E-state index in [2.05, 4.69) is 72.9 Å². The third-order valence-corrected chi connectivity index (χ3v) is 8.57. The SMILES string of the molecule is CC(C)Cc1nc2sc3c(SCc4ccc(Br)cc4)ncnc3c2c2c1COC(C)(C)C2. The zero-order valence-corrected chi connectivity index (χ0v) is 22.0. The molecule has 0 amide bonds. The quantitative estimate of drug-likeness (QED) is 0.200. The first-order valence-corrected chi connectivity index (χ1v) is 13.5. The molecule has 0 radical (unpaired) electrons. The van der Waals surface area contributed by atoms with Crippen LogP contribution in [0.2, 0.25) is 0 Å². The van der Waals surface area contributed by atoms with Gasteiger partial charge in [0.2, 0.25) is 0 Å². The molecule has 0 saturated heterocycles. The van der Waals surface area contributed by atoms with Crippen LogP contribution < -0.4 is 0 Å². The van der Waals surface area contributed by atoms with Crippen molar-refractivity contribution in [3.8, 4) is 0 Å². The fraction of sp³-hybridized carbons (Fsp3) is 0.400. The molecule has 166 valence electrons. The molecule has 3 aromatic heterocycles. The van der Waals surface area contributed by atoms with Crippen molar-refractivity contribution in [1.82, 2.24) is 15.0 Å². The summed E-state index contributed by atoms with van der Waals surface area (Å²) in [5, 5.41) is 2.24. The topological polar surface area (TPSA) is 47.9 Å². The van der Waals surface area contributed by atoms with Gasteiger partial charge in [0.05, 0.1) is 22.4 Å². The van der Waals surface area contributed by atoms with Gasteiger partial charge in [0, 0.05) is 33.3 Å². The summed E-state index contributed by atoms with van der Waals surface area (Å²) in [5.74, 6) is 1.42. The smallest absolute Gasteiger partial charge is 0.126 e. The van der Waals surface area contributed by atoms with E-state index in [9.17, 15) is 0 Å². The minimum Gasteiger partial charge on any atom is -0.370 e. The average molecular weight is 529 g/mol. The standard InChI is InChI=1S/C25H26BrN3OS2/c1-14(2)9-19-18-11-30-25(3,4)10-17(18)20-21-22(32-23(20)29-19)24(28-13-27-21)31-12-15-5-7-16(26)8-6-15/h5-8,13-14H,9-12H2,1-4H3. The maximum atomic E-state index is 6.19. The number of rotatable bonds is 5. The summed E-state index contributed by atoms with van der Waals surface area (Å²) in [6, 6.07) is 8.47. The lowest BCUT2D eigenvalue weighted by atomic mass is 9.88. The zero-order chi connectivity index (χ0) is 22.5. The van der Waals surface area contributed by atoms with Gasteiger partial charge in [-0.25, -0.2) is 15.0 Å². The molecular formula is C25H26BrN3OS2. The molecule has 1 aromatic carbocycles. The van der Waals surface area contributed by atoms with Crippen LogP contribution in [0.15, 0.2) is 40.1 Å². The van der Waals surface area contributed by atoms with Crippen LogP contribution in [0.25, 0.3) is 20.4 Å². The predicted octanol–water partition coefficient (Wildman–Crippen LogP) is 7.34. The number of thioether (sulfide) groups is 1. The summed E-state index contributed by atoms with van der Waals surface area (Å²) in [5.41, 5.74) is 5.96. The maximum Gasteiger partial charge on any atom is 0.126 e. The Balaban J connectivity index is 1.63. The molecule has 4 heterocycles. The van der Waals surface area contributed by atoms with E-state index in [1.165, 1.54) is 27.8 Å². The fourth-order valence-corrected chi connectivity index (χ4v) is 6.72. The number of fused-ring (bicyclic) bond motifs is 5. The number of hydrogen-bond donors (Lipinski definition) is 0. The highest BCUT2D eigenvalue weighted by Crippen LogP contribution is 2.43. The summed E-state index contributed by atoms with van der Waals surface area (Å²) < 4.78 is 8.44.